The van der Waals surface area contributed by atoms with E-state index in [2.05, 4.69) is 0 Å². The quantitative estimate of drug-likeness (QED) is 0.450. The van der Waals surface area contributed by atoms with Gasteiger partial charge in [-0.3, -0.25) is 0 Å². The van der Waals surface area contributed by atoms with Crippen molar-refractivity contribution in [2.24, 2.45) is 0 Å². The summed E-state index contributed by atoms with van der Waals surface area (Å²) in [5.74, 6) is -1.23. The van der Waals surface area contributed by atoms with Crippen LogP contribution in [0.4, 0.5) is 0 Å². The van der Waals surface area contributed by atoms with Gasteiger partial charge in [-0.2, -0.15) is 0 Å². The van der Waals surface area contributed by atoms with Crippen molar-refractivity contribution >= 4 is 46.5 Å². The average molecular weight is 173 g/mol. The predicted molar refractivity (Wildman–Crippen MR) is 37.7 cm³/mol. The van der Waals surface area contributed by atoms with Crippen LogP contribution >= 0.6 is 23.2 Å². The number of hydrogen-bond acceptors (Lipinski definition) is 1. The zero-order chi connectivity index (χ0) is 6.08. The maximum atomic E-state index is 9.76. The minimum atomic E-state index is -1.64. The molecule has 0 amide bonds. The Morgan fingerprint density at radius 1 is 1.62 bits per heavy atom. The Hall–Kier alpha value is 0.582. The molecule has 5 heteroatoms. The molecule has 0 aliphatic heterocycles. The molecule has 0 aromatic rings. The summed E-state index contributed by atoms with van der Waals surface area (Å²) in [5.41, 5.74) is 0. The maximum absolute atomic E-state index is 9.76. The molecule has 0 saturated carbocycles. The van der Waals surface area contributed by atoms with Gasteiger partial charge in [-0.15, -0.1) is 0 Å². The number of carboxylic acids is 1. The SMILES string of the molecule is CC(Cl)(Cl)C(=O)O.[AlH3]. The van der Waals surface area contributed by atoms with E-state index in [9.17, 15) is 4.79 Å². The van der Waals surface area contributed by atoms with Crippen molar-refractivity contribution in [2.45, 2.75) is 11.3 Å². The summed E-state index contributed by atoms with van der Waals surface area (Å²) in [4.78, 5) is 9.76. The fourth-order valence-electron chi connectivity index (χ4n) is 0. The summed E-state index contributed by atoms with van der Waals surface area (Å²) >= 11 is 10.1. The molecule has 0 saturated heterocycles. The molecule has 2 nitrogen and oxygen atoms in total. The van der Waals surface area contributed by atoms with E-state index in [1.807, 2.05) is 0 Å². The first-order valence-corrected chi connectivity index (χ1v) is 2.31. The van der Waals surface area contributed by atoms with Crippen molar-refractivity contribution in [1.29, 1.82) is 0 Å². The van der Waals surface area contributed by atoms with Gasteiger partial charge < -0.3 is 5.11 Å². The lowest BCUT2D eigenvalue weighted by atomic mass is 10.5. The molecular weight excluding hydrogens is 166 g/mol. The molecule has 0 spiro atoms. The molecule has 1 N–H and O–H groups in total. The van der Waals surface area contributed by atoms with Crippen molar-refractivity contribution < 1.29 is 9.90 Å². The smallest absolute Gasteiger partial charge is 0.339 e. The van der Waals surface area contributed by atoms with Gasteiger partial charge in [0.05, 0.1) is 0 Å². The molecule has 0 aliphatic carbocycles. The molecule has 0 aromatic carbocycles. The summed E-state index contributed by atoms with van der Waals surface area (Å²) in [5, 5.41) is 7.99. The minimum absolute atomic E-state index is 0. The number of carbonyl (C=O) groups is 1. The Labute approximate surface area is 67.9 Å². The zero-order valence-electron chi connectivity index (χ0n) is 3.61. The molecule has 8 heavy (non-hydrogen) atoms. The van der Waals surface area contributed by atoms with E-state index in [1.165, 1.54) is 6.92 Å². The molecule has 0 aliphatic rings. The number of alkyl halides is 2. The second-order valence-corrected chi connectivity index (χ2v) is 2.90. The van der Waals surface area contributed by atoms with Crippen LogP contribution in [-0.4, -0.2) is 32.8 Å². The van der Waals surface area contributed by atoms with Gasteiger partial charge in [0.25, 0.3) is 0 Å². The highest BCUT2D eigenvalue weighted by atomic mass is 35.5. The van der Waals surface area contributed by atoms with Gasteiger partial charge in [-0.05, 0) is 6.92 Å². The first-order chi connectivity index (χ1) is 2.94. The molecular formula is C3H7AlCl2O2. The van der Waals surface area contributed by atoms with Crippen molar-refractivity contribution in [2.75, 3.05) is 0 Å². The third kappa shape index (κ3) is 4.73. The fourth-order valence-corrected chi connectivity index (χ4v) is 0. The van der Waals surface area contributed by atoms with Crippen LogP contribution in [0.3, 0.4) is 0 Å². The normalized spacial score (nSPS) is 9.88. The molecule has 0 heterocycles. The van der Waals surface area contributed by atoms with Crippen LogP contribution in [0.2, 0.25) is 0 Å². The first-order valence-electron chi connectivity index (χ1n) is 1.56. The number of rotatable bonds is 1. The van der Waals surface area contributed by atoms with Gasteiger partial charge in [0.15, 0.2) is 17.4 Å². The summed E-state index contributed by atoms with van der Waals surface area (Å²) < 4.78 is -1.64. The highest BCUT2D eigenvalue weighted by Gasteiger charge is 2.25. The van der Waals surface area contributed by atoms with Crippen molar-refractivity contribution in [3.63, 3.8) is 0 Å². The van der Waals surface area contributed by atoms with Crippen LogP contribution in [0.15, 0.2) is 0 Å². The lowest BCUT2D eigenvalue weighted by Crippen LogP contribution is -2.19. The summed E-state index contributed by atoms with van der Waals surface area (Å²) in [6, 6.07) is 0. The van der Waals surface area contributed by atoms with Crippen LogP contribution < -0.4 is 0 Å². The van der Waals surface area contributed by atoms with Crippen LogP contribution in [0.5, 0.6) is 0 Å². The van der Waals surface area contributed by atoms with Gasteiger partial charge in [0, 0.05) is 0 Å². The predicted octanol–water partition coefficient (Wildman–Crippen LogP) is 0.0809. The largest absolute Gasteiger partial charge is 0.479 e. The van der Waals surface area contributed by atoms with Gasteiger partial charge in [0.2, 0.25) is 4.33 Å². The summed E-state index contributed by atoms with van der Waals surface area (Å²) in [6.45, 7) is 1.19. The minimum Gasteiger partial charge on any atom is -0.479 e. The monoisotopic (exact) mass is 172 g/mol. The van der Waals surface area contributed by atoms with Gasteiger partial charge in [-0.1, -0.05) is 23.2 Å². The number of halogens is 2. The second-order valence-electron chi connectivity index (χ2n) is 1.19. The Morgan fingerprint density at radius 3 is 1.75 bits per heavy atom. The van der Waals surface area contributed by atoms with Crippen LogP contribution in [-0.2, 0) is 4.79 Å². The lowest BCUT2D eigenvalue weighted by Gasteiger charge is -2.02. The Morgan fingerprint density at radius 2 is 1.75 bits per heavy atom. The zero-order valence-corrected chi connectivity index (χ0v) is 5.12. The molecule has 0 bridgehead atoms. The lowest BCUT2D eigenvalue weighted by molar-refractivity contribution is -0.137. The maximum Gasteiger partial charge on any atom is 0.339 e. The first kappa shape index (κ1) is 11.4. The highest BCUT2D eigenvalue weighted by molar-refractivity contribution is 6.56. The molecule has 0 unspecified atom stereocenters. The Kier molecular flexibility index (Phi) is 5.09. The van der Waals surface area contributed by atoms with E-state index in [-0.39, 0.29) is 17.4 Å². The van der Waals surface area contributed by atoms with Crippen molar-refractivity contribution in [3.05, 3.63) is 0 Å². The second kappa shape index (κ2) is 3.58. The third-order valence-electron chi connectivity index (χ3n) is 0.376. The topological polar surface area (TPSA) is 37.3 Å². The van der Waals surface area contributed by atoms with Gasteiger partial charge in [0.1, 0.15) is 0 Å². The molecule has 0 aromatic heterocycles. The van der Waals surface area contributed by atoms with E-state index in [0.717, 1.165) is 0 Å². The van der Waals surface area contributed by atoms with E-state index in [1.54, 1.807) is 0 Å². The van der Waals surface area contributed by atoms with Crippen molar-refractivity contribution in [3.8, 4) is 0 Å². The number of hydrogen-bond donors (Lipinski definition) is 1. The molecule has 0 radical (unpaired) electrons. The van der Waals surface area contributed by atoms with E-state index < -0.39 is 10.3 Å². The standard InChI is InChI=1S/C3H4Cl2O2.Al.3H/c1-3(4,5)2(6)7;;;;/h1H3,(H,6,7);;;;. The Balaban J connectivity index is 0. The molecule has 0 rings (SSSR count). The van der Waals surface area contributed by atoms with E-state index in [4.69, 9.17) is 28.3 Å². The third-order valence-corrected chi connectivity index (χ3v) is 0.699. The van der Waals surface area contributed by atoms with Crippen LogP contribution in [0.1, 0.15) is 6.92 Å². The molecule has 48 valence electrons. The van der Waals surface area contributed by atoms with Gasteiger partial charge >= 0.3 is 5.97 Å². The Bertz CT molecular complexity index is 87.8. The van der Waals surface area contributed by atoms with Crippen LogP contribution in [0.25, 0.3) is 0 Å². The summed E-state index contributed by atoms with van der Waals surface area (Å²) in [7, 11) is 0. The van der Waals surface area contributed by atoms with E-state index >= 15 is 0 Å². The molecule has 0 atom stereocenters. The number of aliphatic carboxylic acids is 1. The van der Waals surface area contributed by atoms with E-state index in [0.29, 0.717) is 0 Å². The van der Waals surface area contributed by atoms with Crippen molar-refractivity contribution in [1.82, 2.24) is 0 Å². The number of carboxylic acid groups (broad SMARTS) is 1. The summed E-state index contributed by atoms with van der Waals surface area (Å²) in [6.07, 6.45) is 0. The fraction of sp³-hybridized carbons (Fsp3) is 0.667. The average Bonchev–Trinajstić information content (AvgIpc) is 1.31. The highest BCUT2D eigenvalue weighted by Crippen LogP contribution is 2.18. The van der Waals surface area contributed by atoms with Crippen LogP contribution in [0, 0.1) is 0 Å². The molecule has 0 fully saturated rings. The van der Waals surface area contributed by atoms with Gasteiger partial charge in [-0.25, -0.2) is 4.79 Å².